The number of amides is 1. The van der Waals surface area contributed by atoms with Gasteiger partial charge in [0.2, 0.25) is 0 Å². The van der Waals surface area contributed by atoms with E-state index in [2.05, 4.69) is 15.4 Å². The van der Waals surface area contributed by atoms with Crippen molar-refractivity contribution in [3.8, 4) is 0 Å². The molecule has 2 atom stereocenters. The molecular weight excluding hydrogens is 448 g/mol. The van der Waals surface area contributed by atoms with Crippen LogP contribution < -0.4 is 5.32 Å². The molecule has 2 aromatic rings. The highest BCUT2D eigenvalue weighted by Gasteiger charge is 2.33. The Morgan fingerprint density at radius 2 is 2.10 bits per heavy atom. The third kappa shape index (κ3) is 4.87. The number of nitrogens with zero attached hydrogens (tertiary/aromatic N) is 3. The summed E-state index contributed by atoms with van der Waals surface area (Å²) in [5, 5.41) is 7.12. The largest absolute Gasteiger partial charge is 0.381 e. The van der Waals surface area contributed by atoms with Gasteiger partial charge in [0.15, 0.2) is 15.0 Å². The van der Waals surface area contributed by atoms with Crippen molar-refractivity contribution in [2.75, 3.05) is 18.5 Å². The van der Waals surface area contributed by atoms with Gasteiger partial charge in [-0.1, -0.05) is 35.8 Å². The summed E-state index contributed by atoms with van der Waals surface area (Å²) in [6, 6.07) is -0.660. The Balaban J connectivity index is 1.56. The summed E-state index contributed by atoms with van der Waals surface area (Å²) < 4.78 is 33.4. The lowest BCUT2D eigenvalue weighted by Crippen LogP contribution is -2.30. The second-order valence-electron chi connectivity index (χ2n) is 7.90. The number of hydrogen-bond donors (Lipinski definition) is 1. The van der Waals surface area contributed by atoms with Crippen LogP contribution in [0, 0.1) is 5.92 Å². The highest BCUT2D eigenvalue weighted by Crippen LogP contribution is 2.31. The van der Waals surface area contributed by atoms with Gasteiger partial charge >= 0.3 is 0 Å². The lowest BCUT2D eigenvalue weighted by molar-refractivity contribution is -0.120. The van der Waals surface area contributed by atoms with Crippen molar-refractivity contribution < 1.29 is 17.9 Å². The number of sulfone groups is 1. The van der Waals surface area contributed by atoms with E-state index in [0.717, 1.165) is 32.3 Å². The lowest BCUT2D eigenvalue weighted by Gasteiger charge is -2.26. The summed E-state index contributed by atoms with van der Waals surface area (Å²) in [6.07, 6.45) is 9.98. The number of aromatic nitrogens is 3. The second kappa shape index (κ2) is 9.33. The van der Waals surface area contributed by atoms with Crippen molar-refractivity contribution in [1.29, 1.82) is 0 Å². The number of thiazole rings is 1. The number of nitrogens with one attached hydrogen (secondary N) is 1. The third-order valence-corrected chi connectivity index (χ3v) is 9.04. The average Bonchev–Trinajstić information content (AvgIpc) is 3.49. The molecule has 1 saturated heterocycles. The SMILES string of the molecule is O=C(Nc1ncc(Cl)s1)C(CC1CCCOC1)n1cc(S(=O)(=O)C2CCCC2)cn1. The van der Waals surface area contributed by atoms with Gasteiger partial charge in [0.25, 0.3) is 5.91 Å². The average molecular weight is 473 g/mol. The summed E-state index contributed by atoms with van der Waals surface area (Å²) in [7, 11) is -3.43. The van der Waals surface area contributed by atoms with Crippen LogP contribution in [-0.4, -0.2) is 47.6 Å². The molecule has 0 spiro atoms. The third-order valence-electron chi connectivity index (χ3n) is 5.79. The summed E-state index contributed by atoms with van der Waals surface area (Å²) >= 11 is 7.09. The number of carbonyl (C=O) groups excluding carboxylic acids is 1. The number of rotatable bonds is 7. The van der Waals surface area contributed by atoms with Gasteiger partial charge in [0, 0.05) is 19.4 Å². The number of halogens is 1. The molecule has 1 amide bonds. The van der Waals surface area contributed by atoms with Crippen LogP contribution in [-0.2, 0) is 19.4 Å². The first-order valence-corrected chi connectivity index (χ1v) is 13.0. The van der Waals surface area contributed by atoms with Crippen LogP contribution in [0.3, 0.4) is 0 Å². The van der Waals surface area contributed by atoms with E-state index in [9.17, 15) is 13.2 Å². The van der Waals surface area contributed by atoms with E-state index in [1.807, 2.05) is 0 Å². The van der Waals surface area contributed by atoms with E-state index in [1.54, 1.807) is 0 Å². The quantitative estimate of drug-likeness (QED) is 0.658. The molecule has 11 heteroatoms. The summed E-state index contributed by atoms with van der Waals surface area (Å²) in [6.45, 7) is 1.32. The fourth-order valence-corrected chi connectivity index (χ4v) is 6.78. The van der Waals surface area contributed by atoms with Gasteiger partial charge in [-0.05, 0) is 38.0 Å². The van der Waals surface area contributed by atoms with Crippen LogP contribution in [0.1, 0.15) is 51.0 Å². The Labute approximate surface area is 184 Å². The van der Waals surface area contributed by atoms with E-state index in [1.165, 1.54) is 34.6 Å². The first-order chi connectivity index (χ1) is 14.4. The van der Waals surface area contributed by atoms with Crippen LogP contribution in [0.2, 0.25) is 4.34 Å². The Hall–Kier alpha value is -1.49. The highest BCUT2D eigenvalue weighted by atomic mass is 35.5. The molecule has 2 aliphatic rings. The normalized spacial score (nSPS) is 21.6. The minimum absolute atomic E-state index is 0.185. The molecule has 0 aromatic carbocycles. The second-order valence-corrected chi connectivity index (χ2v) is 11.8. The summed E-state index contributed by atoms with van der Waals surface area (Å²) in [5.41, 5.74) is 0. The number of carbonyl (C=O) groups is 1. The fourth-order valence-electron chi connectivity index (χ4n) is 4.17. The molecule has 2 fully saturated rings. The van der Waals surface area contributed by atoms with Gasteiger partial charge in [-0.25, -0.2) is 13.4 Å². The Morgan fingerprint density at radius 3 is 2.77 bits per heavy atom. The van der Waals surface area contributed by atoms with Crippen LogP contribution in [0.25, 0.3) is 0 Å². The molecule has 4 rings (SSSR count). The van der Waals surface area contributed by atoms with Crippen LogP contribution in [0.4, 0.5) is 5.13 Å². The predicted molar refractivity (Wildman–Crippen MR) is 115 cm³/mol. The standard InChI is InChI=1S/C19H25ClN4O4S2/c20-17-10-21-19(29-17)23-18(25)16(8-13-4-3-7-28-12-13)24-11-15(9-22-24)30(26,27)14-5-1-2-6-14/h9-11,13-14,16H,1-8,12H2,(H,21,23,25). The molecule has 1 aliphatic carbocycles. The molecule has 1 aliphatic heterocycles. The molecule has 2 unspecified atom stereocenters. The zero-order valence-corrected chi connectivity index (χ0v) is 18.9. The molecule has 2 aromatic heterocycles. The van der Waals surface area contributed by atoms with Gasteiger partial charge < -0.3 is 10.1 Å². The van der Waals surface area contributed by atoms with Crippen molar-refractivity contribution in [2.45, 2.75) is 61.1 Å². The Bertz CT molecular complexity index is 978. The molecule has 8 nitrogen and oxygen atoms in total. The van der Waals surface area contributed by atoms with Crippen molar-refractivity contribution >= 4 is 43.8 Å². The van der Waals surface area contributed by atoms with E-state index >= 15 is 0 Å². The minimum atomic E-state index is -3.43. The maximum atomic E-state index is 13.1. The minimum Gasteiger partial charge on any atom is -0.381 e. The van der Waals surface area contributed by atoms with E-state index in [0.29, 0.717) is 35.3 Å². The fraction of sp³-hybridized carbons (Fsp3) is 0.632. The predicted octanol–water partition coefficient (Wildman–Crippen LogP) is 3.71. The molecule has 1 saturated carbocycles. The number of ether oxygens (including phenoxy) is 1. The van der Waals surface area contributed by atoms with Crippen molar-refractivity contribution in [1.82, 2.24) is 14.8 Å². The molecule has 164 valence electrons. The number of hydrogen-bond acceptors (Lipinski definition) is 7. The molecule has 30 heavy (non-hydrogen) atoms. The molecule has 3 heterocycles. The van der Waals surface area contributed by atoms with Crippen LogP contribution in [0.5, 0.6) is 0 Å². The van der Waals surface area contributed by atoms with Crippen molar-refractivity contribution in [2.24, 2.45) is 5.92 Å². The van der Waals surface area contributed by atoms with Crippen molar-refractivity contribution in [3.63, 3.8) is 0 Å². The summed E-state index contributed by atoms with van der Waals surface area (Å²) in [5.74, 6) is -0.0898. The van der Waals surface area contributed by atoms with E-state index < -0.39 is 15.9 Å². The van der Waals surface area contributed by atoms with Gasteiger partial charge in [-0.2, -0.15) is 5.10 Å². The lowest BCUT2D eigenvalue weighted by atomic mass is 9.94. The van der Waals surface area contributed by atoms with E-state index in [4.69, 9.17) is 16.3 Å². The molecular formula is C19H25ClN4O4S2. The smallest absolute Gasteiger partial charge is 0.251 e. The topological polar surface area (TPSA) is 103 Å². The zero-order chi connectivity index (χ0) is 21.1. The van der Waals surface area contributed by atoms with Crippen LogP contribution >= 0.6 is 22.9 Å². The molecule has 0 radical (unpaired) electrons. The molecule has 1 N–H and O–H groups in total. The first kappa shape index (κ1) is 21.7. The van der Waals surface area contributed by atoms with Gasteiger partial charge in [0.05, 0.1) is 17.6 Å². The highest BCUT2D eigenvalue weighted by molar-refractivity contribution is 7.92. The number of anilines is 1. The molecule has 0 bridgehead atoms. The van der Waals surface area contributed by atoms with E-state index in [-0.39, 0.29) is 22.0 Å². The Kier molecular flexibility index (Phi) is 6.76. The maximum Gasteiger partial charge on any atom is 0.251 e. The maximum absolute atomic E-state index is 13.1. The zero-order valence-electron chi connectivity index (χ0n) is 16.5. The monoisotopic (exact) mass is 472 g/mol. The van der Waals surface area contributed by atoms with Gasteiger partial charge in [0.1, 0.15) is 15.3 Å². The van der Waals surface area contributed by atoms with Crippen molar-refractivity contribution in [3.05, 3.63) is 22.9 Å². The summed E-state index contributed by atoms with van der Waals surface area (Å²) in [4.78, 5) is 17.3. The van der Waals surface area contributed by atoms with Gasteiger partial charge in [-0.15, -0.1) is 0 Å². The van der Waals surface area contributed by atoms with Crippen LogP contribution in [0.15, 0.2) is 23.5 Å². The van der Waals surface area contributed by atoms with Gasteiger partial charge in [-0.3, -0.25) is 9.48 Å². The Morgan fingerprint density at radius 1 is 1.30 bits per heavy atom. The first-order valence-electron chi connectivity index (χ1n) is 10.2.